The second-order valence-corrected chi connectivity index (χ2v) is 6.39. The summed E-state index contributed by atoms with van der Waals surface area (Å²) in [7, 11) is 0. The Morgan fingerprint density at radius 3 is 2.32 bits per heavy atom. The molecular formula is C18H25NO3. The fourth-order valence-corrected chi connectivity index (χ4v) is 1.76. The van der Waals surface area contributed by atoms with Gasteiger partial charge in [0.25, 0.3) is 0 Å². The summed E-state index contributed by atoms with van der Waals surface area (Å²) in [6, 6.07) is 8.22. The zero-order valence-electron chi connectivity index (χ0n) is 13.7. The standard InChI is InChI=1S/C18H25NO3/c1-13(2)15-10-8-14(9-11-15)6-5-7-16(20)19-12-18(3,4)17(21)22/h5-6,8-11,13H,7,12H2,1-4H3,(H,19,20)(H,21,22)/b6-5+. The van der Waals surface area contributed by atoms with E-state index in [1.807, 2.05) is 18.2 Å². The van der Waals surface area contributed by atoms with Gasteiger partial charge < -0.3 is 10.4 Å². The Hall–Kier alpha value is -2.10. The molecule has 0 radical (unpaired) electrons. The average molecular weight is 303 g/mol. The van der Waals surface area contributed by atoms with Crippen LogP contribution in [0.3, 0.4) is 0 Å². The zero-order valence-corrected chi connectivity index (χ0v) is 13.7. The minimum atomic E-state index is -0.952. The van der Waals surface area contributed by atoms with E-state index in [1.54, 1.807) is 19.9 Å². The topological polar surface area (TPSA) is 66.4 Å². The van der Waals surface area contributed by atoms with Crippen molar-refractivity contribution in [3.8, 4) is 0 Å². The normalized spacial score (nSPS) is 11.9. The molecule has 0 saturated carbocycles. The number of benzene rings is 1. The molecule has 0 bridgehead atoms. The van der Waals surface area contributed by atoms with Crippen molar-refractivity contribution in [3.05, 3.63) is 41.5 Å². The summed E-state index contributed by atoms with van der Waals surface area (Å²) in [6.45, 7) is 7.59. The quantitative estimate of drug-likeness (QED) is 0.811. The van der Waals surface area contributed by atoms with Crippen LogP contribution in [0.25, 0.3) is 6.08 Å². The molecule has 0 saturated heterocycles. The van der Waals surface area contributed by atoms with Gasteiger partial charge in [0, 0.05) is 13.0 Å². The van der Waals surface area contributed by atoms with Crippen molar-refractivity contribution in [2.75, 3.05) is 6.54 Å². The molecule has 0 spiro atoms. The predicted octanol–water partition coefficient (Wildman–Crippen LogP) is 3.44. The van der Waals surface area contributed by atoms with Gasteiger partial charge in [0.1, 0.15) is 0 Å². The summed E-state index contributed by atoms with van der Waals surface area (Å²) in [6.07, 6.45) is 3.92. The molecule has 1 amide bonds. The largest absolute Gasteiger partial charge is 0.481 e. The van der Waals surface area contributed by atoms with Crippen LogP contribution >= 0.6 is 0 Å². The summed E-state index contributed by atoms with van der Waals surface area (Å²) >= 11 is 0. The number of amides is 1. The molecule has 0 aliphatic carbocycles. The Labute approximate surface area is 132 Å². The van der Waals surface area contributed by atoms with E-state index in [0.29, 0.717) is 5.92 Å². The Morgan fingerprint density at radius 2 is 1.82 bits per heavy atom. The summed E-state index contributed by atoms with van der Waals surface area (Å²) in [5.74, 6) is -0.598. The first kappa shape index (κ1) is 18.0. The maximum absolute atomic E-state index is 11.7. The summed E-state index contributed by atoms with van der Waals surface area (Å²) in [4.78, 5) is 22.6. The molecule has 1 aromatic carbocycles. The van der Waals surface area contributed by atoms with Crippen molar-refractivity contribution in [1.29, 1.82) is 0 Å². The highest BCUT2D eigenvalue weighted by molar-refractivity contribution is 5.80. The van der Waals surface area contributed by atoms with Crippen LogP contribution in [0.2, 0.25) is 0 Å². The molecule has 0 aliphatic rings. The van der Waals surface area contributed by atoms with Gasteiger partial charge in [-0.25, -0.2) is 0 Å². The fourth-order valence-electron chi connectivity index (χ4n) is 1.76. The molecule has 22 heavy (non-hydrogen) atoms. The monoisotopic (exact) mass is 303 g/mol. The highest BCUT2D eigenvalue weighted by atomic mass is 16.4. The van der Waals surface area contributed by atoms with Crippen LogP contribution in [0.5, 0.6) is 0 Å². The van der Waals surface area contributed by atoms with Crippen molar-refractivity contribution in [3.63, 3.8) is 0 Å². The van der Waals surface area contributed by atoms with E-state index in [4.69, 9.17) is 5.11 Å². The molecule has 1 rings (SSSR count). The first-order valence-electron chi connectivity index (χ1n) is 7.49. The van der Waals surface area contributed by atoms with Gasteiger partial charge in [0.05, 0.1) is 5.41 Å². The van der Waals surface area contributed by atoms with Gasteiger partial charge >= 0.3 is 5.97 Å². The maximum Gasteiger partial charge on any atom is 0.310 e. The van der Waals surface area contributed by atoms with Crippen molar-refractivity contribution >= 4 is 18.0 Å². The molecule has 0 heterocycles. The number of nitrogens with one attached hydrogen (secondary N) is 1. The lowest BCUT2D eigenvalue weighted by atomic mass is 9.94. The fraction of sp³-hybridized carbons (Fsp3) is 0.444. The van der Waals surface area contributed by atoms with E-state index in [1.165, 1.54) is 5.56 Å². The molecule has 0 aromatic heterocycles. The second-order valence-electron chi connectivity index (χ2n) is 6.39. The Kier molecular flexibility index (Phi) is 6.35. The van der Waals surface area contributed by atoms with Gasteiger partial charge in [-0.1, -0.05) is 50.3 Å². The number of hydrogen-bond donors (Lipinski definition) is 2. The van der Waals surface area contributed by atoms with Gasteiger partial charge in [-0.05, 0) is 30.9 Å². The SMILES string of the molecule is CC(C)c1ccc(/C=C/CC(=O)NCC(C)(C)C(=O)O)cc1. The summed E-state index contributed by atoms with van der Waals surface area (Å²) < 4.78 is 0. The van der Waals surface area contributed by atoms with Gasteiger partial charge in [-0.15, -0.1) is 0 Å². The molecule has 4 nitrogen and oxygen atoms in total. The van der Waals surface area contributed by atoms with Gasteiger partial charge in [0.2, 0.25) is 5.91 Å². The molecule has 0 unspecified atom stereocenters. The number of aliphatic carboxylic acids is 1. The Balaban J connectivity index is 2.45. The number of carbonyl (C=O) groups excluding carboxylic acids is 1. The molecule has 0 fully saturated rings. The third kappa shape index (κ3) is 5.72. The van der Waals surface area contributed by atoms with E-state index < -0.39 is 11.4 Å². The number of rotatable bonds is 7. The van der Waals surface area contributed by atoms with E-state index in [9.17, 15) is 9.59 Å². The van der Waals surface area contributed by atoms with Crippen LogP contribution in [-0.2, 0) is 9.59 Å². The number of carboxylic acids is 1. The zero-order chi connectivity index (χ0) is 16.8. The van der Waals surface area contributed by atoms with Crippen LogP contribution in [-0.4, -0.2) is 23.5 Å². The van der Waals surface area contributed by atoms with Crippen molar-refractivity contribution in [2.45, 2.75) is 40.0 Å². The maximum atomic E-state index is 11.7. The molecular weight excluding hydrogens is 278 g/mol. The van der Waals surface area contributed by atoms with E-state index in [0.717, 1.165) is 5.56 Å². The number of carbonyl (C=O) groups is 2. The first-order chi connectivity index (χ1) is 10.2. The van der Waals surface area contributed by atoms with Crippen LogP contribution in [0, 0.1) is 5.41 Å². The van der Waals surface area contributed by atoms with Crippen molar-refractivity contribution in [2.24, 2.45) is 5.41 Å². The summed E-state index contributed by atoms with van der Waals surface area (Å²) in [5, 5.41) is 11.6. The van der Waals surface area contributed by atoms with Crippen LogP contribution in [0.4, 0.5) is 0 Å². The molecule has 0 aliphatic heterocycles. The van der Waals surface area contributed by atoms with E-state index in [2.05, 4.69) is 31.3 Å². The molecule has 4 heteroatoms. The van der Waals surface area contributed by atoms with Gasteiger partial charge in [-0.3, -0.25) is 9.59 Å². The lowest BCUT2D eigenvalue weighted by Gasteiger charge is -2.19. The lowest BCUT2D eigenvalue weighted by molar-refractivity contribution is -0.146. The second kappa shape index (κ2) is 7.78. The van der Waals surface area contributed by atoms with Crippen molar-refractivity contribution < 1.29 is 14.7 Å². The van der Waals surface area contributed by atoms with Crippen LogP contribution in [0.1, 0.15) is 51.2 Å². The van der Waals surface area contributed by atoms with Crippen LogP contribution < -0.4 is 5.32 Å². The predicted molar refractivity (Wildman–Crippen MR) is 88.6 cm³/mol. The third-order valence-electron chi connectivity index (χ3n) is 3.52. The molecule has 0 atom stereocenters. The first-order valence-corrected chi connectivity index (χ1v) is 7.49. The third-order valence-corrected chi connectivity index (χ3v) is 3.52. The van der Waals surface area contributed by atoms with Crippen molar-refractivity contribution in [1.82, 2.24) is 5.32 Å². The molecule has 120 valence electrons. The number of hydrogen-bond acceptors (Lipinski definition) is 2. The van der Waals surface area contributed by atoms with Crippen LogP contribution in [0.15, 0.2) is 30.3 Å². The highest BCUT2D eigenvalue weighted by Gasteiger charge is 2.27. The molecule has 1 aromatic rings. The smallest absolute Gasteiger partial charge is 0.310 e. The van der Waals surface area contributed by atoms with E-state index in [-0.39, 0.29) is 18.9 Å². The summed E-state index contributed by atoms with van der Waals surface area (Å²) in [5.41, 5.74) is 1.38. The minimum Gasteiger partial charge on any atom is -0.481 e. The Morgan fingerprint density at radius 1 is 1.23 bits per heavy atom. The van der Waals surface area contributed by atoms with E-state index >= 15 is 0 Å². The van der Waals surface area contributed by atoms with Gasteiger partial charge in [0.15, 0.2) is 0 Å². The lowest BCUT2D eigenvalue weighted by Crippen LogP contribution is -2.38. The Bertz CT molecular complexity index is 542. The average Bonchev–Trinajstić information content (AvgIpc) is 2.45. The highest BCUT2D eigenvalue weighted by Crippen LogP contribution is 2.15. The van der Waals surface area contributed by atoms with Gasteiger partial charge in [-0.2, -0.15) is 0 Å². The minimum absolute atomic E-state index is 0.123. The molecule has 2 N–H and O–H groups in total. The number of carboxylic acid groups (broad SMARTS) is 1.